The van der Waals surface area contributed by atoms with Crippen molar-refractivity contribution >= 4 is 11.6 Å². The first kappa shape index (κ1) is 12.5. The summed E-state index contributed by atoms with van der Waals surface area (Å²) in [5.74, 6) is 0.654. The van der Waals surface area contributed by atoms with Gasteiger partial charge in [0.2, 0.25) is 0 Å². The van der Waals surface area contributed by atoms with Crippen LogP contribution in [0, 0.1) is 0 Å². The Bertz CT molecular complexity index is 279. The van der Waals surface area contributed by atoms with Crippen LogP contribution in [0.15, 0.2) is 12.3 Å². The minimum absolute atomic E-state index is 0.385. The van der Waals surface area contributed by atoms with Crippen LogP contribution in [0.2, 0.25) is 0 Å². The molecule has 1 aromatic rings. The van der Waals surface area contributed by atoms with Gasteiger partial charge in [-0.3, -0.25) is 4.68 Å². The average Bonchev–Trinajstić information content (AvgIpc) is 2.68. The second kappa shape index (κ2) is 6.13. The first-order valence-electron chi connectivity index (χ1n) is 5.50. The van der Waals surface area contributed by atoms with Crippen molar-refractivity contribution in [3.05, 3.63) is 18.0 Å². The predicted octanol–water partition coefficient (Wildman–Crippen LogP) is 2.57. The summed E-state index contributed by atoms with van der Waals surface area (Å²) in [5, 5.41) is 7.84. The molecule has 3 nitrogen and oxygen atoms in total. The molecular weight excluding hydrogens is 210 g/mol. The fraction of sp³-hybridized carbons (Fsp3) is 0.727. The van der Waals surface area contributed by atoms with Crippen LogP contribution in [0.1, 0.15) is 38.9 Å². The van der Waals surface area contributed by atoms with Gasteiger partial charge >= 0.3 is 0 Å². The fourth-order valence-corrected chi connectivity index (χ4v) is 1.64. The molecule has 15 heavy (non-hydrogen) atoms. The van der Waals surface area contributed by atoms with E-state index in [1.807, 2.05) is 16.9 Å². The topological polar surface area (TPSA) is 29.9 Å². The highest BCUT2D eigenvalue weighted by atomic mass is 35.5. The molecule has 0 aliphatic carbocycles. The molecule has 0 aromatic carbocycles. The van der Waals surface area contributed by atoms with E-state index in [9.17, 15) is 0 Å². The number of nitrogens with one attached hydrogen (secondary N) is 1. The minimum atomic E-state index is 0.385. The van der Waals surface area contributed by atoms with Crippen LogP contribution >= 0.6 is 11.6 Å². The summed E-state index contributed by atoms with van der Waals surface area (Å²) in [4.78, 5) is 0. The lowest BCUT2D eigenvalue weighted by atomic mass is 10.2. The van der Waals surface area contributed by atoms with Crippen LogP contribution in [-0.2, 0) is 6.54 Å². The van der Waals surface area contributed by atoms with E-state index in [-0.39, 0.29) is 0 Å². The van der Waals surface area contributed by atoms with Crippen LogP contribution in [-0.4, -0.2) is 21.7 Å². The zero-order valence-corrected chi connectivity index (χ0v) is 10.5. The van der Waals surface area contributed by atoms with Gasteiger partial charge in [0.1, 0.15) is 0 Å². The number of nitrogens with zero attached hydrogens (tertiary/aromatic N) is 2. The summed E-state index contributed by atoms with van der Waals surface area (Å²) in [6.45, 7) is 7.17. The van der Waals surface area contributed by atoms with E-state index in [4.69, 9.17) is 11.6 Å². The first-order chi connectivity index (χ1) is 7.17. The fourth-order valence-electron chi connectivity index (χ4n) is 1.32. The monoisotopic (exact) mass is 229 g/mol. The van der Waals surface area contributed by atoms with Crippen molar-refractivity contribution in [3.8, 4) is 0 Å². The molecule has 1 atom stereocenters. The van der Waals surface area contributed by atoms with Gasteiger partial charge < -0.3 is 5.32 Å². The molecule has 0 radical (unpaired) electrons. The Morgan fingerprint density at radius 3 is 2.73 bits per heavy atom. The molecule has 1 aromatic heterocycles. The standard InChI is InChI=1S/C11H20ClN3/c1-4-10(7-12)13-8-11-5-6-15(14-11)9(2)3/h5-6,9-10,13H,4,7-8H2,1-3H3. The van der Waals surface area contributed by atoms with Crippen molar-refractivity contribution in [1.29, 1.82) is 0 Å². The van der Waals surface area contributed by atoms with Crippen molar-refractivity contribution in [1.82, 2.24) is 15.1 Å². The van der Waals surface area contributed by atoms with E-state index in [0.717, 1.165) is 18.7 Å². The van der Waals surface area contributed by atoms with Gasteiger partial charge in [0, 0.05) is 30.7 Å². The number of halogens is 1. The van der Waals surface area contributed by atoms with Gasteiger partial charge in [0.05, 0.1) is 5.69 Å². The van der Waals surface area contributed by atoms with Gasteiger partial charge in [-0.1, -0.05) is 6.92 Å². The molecule has 0 spiro atoms. The highest BCUT2D eigenvalue weighted by Gasteiger charge is 2.05. The molecule has 1 N–H and O–H groups in total. The molecule has 0 bridgehead atoms. The second-order valence-electron chi connectivity index (χ2n) is 4.02. The Morgan fingerprint density at radius 2 is 2.27 bits per heavy atom. The third-order valence-electron chi connectivity index (χ3n) is 2.44. The van der Waals surface area contributed by atoms with E-state index < -0.39 is 0 Å². The van der Waals surface area contributed by atoms with Gasteiger partial charge in [-0.05, 0) is 26.3 Å². The summed E-state index contributed by atoms with van der Waals surface area (Å²) in [5.41, 5.74) is 1.08. The van der Waals surface area contributed by atoms with Crippen LogP contribution in [0.4, 0.5) is 0 Å². The van der Waals surface area contributed by atoms with Crippen molar-refractivity contribution in [2.75, 3.05) is 5.88 Å². The highest BCUT2D eigenvalue weighted by molar-refractivity contribution is 6.18. The zero-order chi connectivity index (χ0) is 11.3. The summed E-state index contributed by atoms with van der Waals surface area (Å²) in [6.07, 6.45) is 3.07. The Hall–Kier alpha value is -0.540. The van der Waals surface area contributed by atoms with E-state index in [1.54, 1.807) is 0 Å². The van der Waals surface area contributed by atoms with Gasteiger partial charge in [-0.2, -0.15) is 5.10 Å². The predicted molar refractivity (Wildman–Crippen MR) is 64.3 cm³/mol. The third-order valence-corrected chi connectivity index (χ3v) is 2.82. The average molecular weight is 230 g/mol. The summed E-state index contributed by atoms with van der Waals surface area (Å²) in [6, 6.07) is 2.86. The summed E-state index contributed by atoms with van der Waals surface area (Å²) in [7, 11) is 0. The van der Waals surface area contributed by atoms with Gasteiger partial charge in [-0.25, -0.2) is 0 Å². The first-order valence-corrected chi connectivity index (χ1v) is 6.04. The smallest absolute Gasteiger partial charge is 0.0762 e. The normalized spacial score (nSPS) is 13.4. The molecular formula is C11H20ClN3. The maximum absolute atomic E-state index is 5.80. The molecule has 1 rings (SSSR count). The number of aromatic nitrogens is 2. The lowest BCUT2D eigenvalue weighted by molar-refractivity contribution is 0.503. The number of hydrogen-bond donors (Lipinski definition) is 1. The molecule has 1 heterocycles. The van der Waals surface area contributed by atoms with Crippen molar-refractivity contribution in [3.63, 3.8) is 0 Å². The molecule has 0 fully saturated rings. The summed E-state index contributed by atoms with van der Waals surface area (Å²) >= 11 is 5.80. The lowest BCUT2D eigenvalue weighted by Gasteiger charge is -2.12. The summed E-state index contributed by atoms with van der Waals surface area (Å²) < 4.78 is 1.97. The molecule has 0 aliphatic heterocycles. The molecule has 0 aliphatic rings. The van der Waals surface area contributed by atoms with E-state index in [0.29, 0.717) is 18.0 Å². The SMILES string of the molecule is CCC(CCl)NCc1ccn(C(C)C)n1. The Kier molecular flexibility index (Phi) is 5.12. The maximum atomic E-state index is 5.80. The Balaban J connectivity index is 2.43. The second-order valence-corrected chi connectivity index (χ2v) is 4.33. The number of rotatable bonds is 6. The van der Waals surface area contributed by atoms with Gasteiger partial charge in [0.25, 0.3) is 0 Å². The molecule has 1 unspecified atom stereocenters. The van der Waals surface area contributed by atoms with Crippen LogP contribution in [0.5, 0.6) is 0 Å². The van der Waals surface area contributed by atoms with Crippen LogP contribution < -0.4 is 5.32 Å². The Morgan fingerprint density at radius 1 is 1.53 bits per heavy atom. The van der Waals surface area contributed by atoms with E-state index in [1.165, 1.54) is 0 Å². The molecule has 0 amide bonds. The van der Waals surface area contributed by atoms with Crippen LogP contribution in [0.25, 0.3) is 0 Å². The Labute approximate surface area is 96.8 Å². The molecule has 86 valence electrons. The van der Waals surface area contributed by atoms with Crippen molar-refractivity contribution in [2.45, 2.75) is 45.8 Å². The largest absolute Gasteiger partial charge is 0.307 e. The lowest BCUT2D eigenvalue weighted by Crippen LogP contribution is -2.29. The number of hydrogen-bond acceptors (Lipinski definition) is 2. The van der Waals surface area contributed by atoms with Gasteiger partial charge in [-0.15, -0.1) is 11.6 Å². The van der Waals surface area contributed by atoms with Crippen LogP contribution in [0.3, 0.4) is 0 Å². The quantitative estimate of drug-likeness (QED) is 0.760. The van der Waals surface area contributed by atoms with E-state index in [2.05, 4.69) is 31.2 Å². The van der Waals surface area contributed by atoms with Crippen molar-refractivity contribution in [2.24, 2.45) is 0 Å². The minimum Gasteiger partial charge on any atom is -0.307 e. The van der Waals surface area contributed by atoms with Gasteiger partial charge in [0.15, 0.2) is 0 Å². The van der Waals surface area contributed by atoms with Crippen molar-refractivity contribution < 1.29 is 0 Å². The van der Waals surface area contributed by atoms with E-state index >= 15 is 0 Å². The third kappa shape index (κ3) is 3.84. The number of alkyl halides is 1. The maximum Gasteiger partial charge on any atom is 0.0762 e. The zero-order valence-electron chi connectivity index (χ0n) is 9.70. The molecule has 4 heteroatoms. The highest BCUT2D eigenvalue weighted by Crippen LogP contribution is 2.04. The molecule has 0 saturated carbocycles. The molecule has 0 saturated heterocycles.